The van der Waals surface area contributed by atoms with Crippen LogP contribution in [0, 0.1) is 0 Å². The Bertz CT molecular complexity index is 466. The summed E-state index contributed by atoms with van der Waals surface area (Å²) in [4.78, 5) is 20.5. The third-order valence-electron chi connectivity index (χ3n) is 2.14. The second-order valence-electron chi connectivity index (χ2n) is 4.15. The normalized spacial score (nSPS) is 16.4. The second kappa shape index (κ2) is 6.08. The number of halogens is 8. The molecule has 4 nitrogen and oxygen atoms in total. The number of carboxylic acid groups (broad SMARTS) is 1. The number of rotatable bonds is 6. The monoisotopic (exact) mass is 343 g/mol. The Morgan fingerprint density at radius 3 is 1.82 bits per heavy atom. The summed E-state index contributed by atoms with van der Waals surface area (Å²) in [5.41, 5.74) is -4.80. The predicted molar refractivity (Wildman–Crippen MR) is 50.3 cm³/mol. The quantitative estimate of drug-likeness (QED) is 0.419. The number of carboxylic acids is 1. The Labute approximate surface area is 117 Å². The van der Waals surface area contributed by atoms with Gasteiger partial charge in [-0.15, -0.1) is 0 Å². The van der Waals surface area contributed by atoms with E-state index in [0.717, 1.165) is 0 Å². The van der Waals surface area contributed by atoms with Crippen molar-refractivity contribution in [3.8, 4) is 0 Å². The van der Waals surface area contributed by atoms with E-state index in [1.54, 1.807) is 0 Å². The molecular formula is C10H7F8O4-. The smallest absolute Gasteiger partial charge is 0.470 e. The van der Waals surface area contributed by atoms with E-state index in [0.29, 0.717) is 0 Å². The van der Waals surface area contributed by atoms with Crippen LogP contribution < -0.4 is 5.11 Å². The highest BCUT2D eigenvalue weighted by molar-refractivity contribution is 5.90. The van der Waals surface area contributed by atoms with Crippen LogP contribution in [0.25, 0.3) is 0 Å². The Hall–Kier alpha value is -1.88. The number of alkyl halides is 8. The lowest BCUT2D eigenvalue weighted by Gasteiger charge is -2.34. The second-order valence-corrected chi connectivity index (χ2v) is 4.15. The molecule has 0 aromatic carbocycles. The minimum absolute atomic E-state index is 0.166. The molecule has 0 heterocycles. The highest BCUT2D eigenvalue weighted by Crippen LogP contribution is 2.49. The van der Waals surface area contributed by atoms with Crippen molar-refractivity contribution in [2.45, 2.75) is 37.2 Å². The minimum atomic E-state index is -6.04. The van der Waals surface area contributed by atoms with Gasteiger partial charge in [-0.1, -0.05) is 0 Å². The average Bonchev–Trinajstić information content (AvgIpc) is 2.21. The van der Waals surface area contributed by atoms with Crippen molar-refractivity contribution in [2.75, 3.05) is 0 Å². The first-order valence-electron chi connectivity index (χ1n) is 5.15. The SMILES string of the molecule is CC(F)(CC(F)(F)F)C(F)(F)C(F)(F)OC(=O)C=CC(=O)[O-]. The van der Waals surface area contributed by atoms with Gasteiger partial charge in [-0.3, -0.25) is 0 Å². The summed E-state index contributed by atoms with van der Waals surface area (Å²) in [5, 5.41) is 9.86. The van der Waals surface area contributed by atoms with Gasteiger partial charge in [0.2, 0.25) is 0 Å². The summed E-state index contributed by atoms with van der Waals surface area (Å²) >= 11 is 0. The fraction of sp³-hybridized carbons (Fsp3) is 0.600. The molecule has 0 N–H and O–H groups in total. The molecule has 0 saturated heterocycles. The number of hydrogen-bond donors (Lipinski definition) is 0. The van der Waals surface area contributed by atoms with E-state index in [1.165, 1.54) is 0 Å². The molecular weight excluding hydrogens is 336 g/mol. The molecule has 0 aromatic rings. The zero-order valence-corrected chi connectivity index (χ0v) is 10.5. The number of hydrogen-bond acceptors (Lipinski definition) is 4. The summed E-state index contributed by atoms with van der Waals surface area (Å²) in [5.74, 6) is -10.5. The van der Waals surface area contributed by atoms with Gasteiger partial charge in [0.1, 0.15) is 0 Å². The molecule has 22 heavy (non-hydrogen) atoms. The highest BCUT2D eigenvalue weighted by Gasteiger charge is 2.72. The van der Waals surface area contributed by atoms with E-state index in [4.69, 9.17) is 0 Å². The first-order chi connectivity index (χ1) is 9.52. The van der Waals surface area contributed by atoms with Gasteiger partial charge in [0.05, 0.1) is 12.4 Å². The summed E-state index contributed by atoms with van der Waals surface area (Å²) in [6, 6.07) is 0. The third-order valence-corrected chi connectivity index (χ3v) is 2.14. The first kappa shape index (κ1) is 20.1. The maximum Gasteiger partial charge on any atom is 0.470 e. The molecule has 12 heteroatoms. The third kappa shape index (κ3) is 5.15. The van der Waals surface area contributed by atoms with Gasteiger partial charge in [-0.05, 0) is 13.0 Å². The van der Waals surface area contributed by atoms with Crippen LogP contribution in [-0.2, 0) is 14.3 Å². The van der Waals surface area contributed by atoms with Crippen molar-refractivity contribution in [2.24, 2.45) is 0 Å². The van der Waals surface area contributed by atoms with E-state index in [9.17, 15) is 49.8 Å². The van der Waals surface area contributed by atoms with Crippen molar-refractivity contribution in [1.82, 2.24) is 0 Å². The Kier molecular flexibility index (Phi) is 5.56. The zero-order chi connectivity index (χ0) is 18.0. The first-order valence-corrected chi connectivity index (χ1v) is 5.15. The molecule has 1 atom stereocenters. The van der Waals surface area contributed by atoms with Crippen LogP contribution in [0.1, 0.15) is 13.3 Å². The van der Waals surface area contributed by atoms with Gasteiger partial charge < -0.3 is 14.6 Å². The van der Waals surface area contributed by atoms with E-state index in [1.807, 2.05) is 0 Å². The minimum Gasteiger partial charge on any atom is -0.545 e. The van der Waals surface area contributed by atoms with Crippen LogP contribution in [0.5, 0.6) is 0 Å². The Morgan fingerprint density at radius 1 is 1.00 bits per heavy atom. The molecule has 0 spiro atoms. The molecule has 0 amide bonds. The topological polar surface area (TPSA) is 66.4 Å². The molecule has 0 aliphatic carbocycles. The summed E-state index contributed by atoms with van der Waals surface area (Å²) in [6.45, 7) is -0.445. The number of ether oxygens (including phenoxy) is 1. The van der Waals surface area contributed by atoms with Crippen LogP contribution >= 0.6 is 0 Å². The van der Waals surface area contributed by atoms with E-state index >= 15 is 0 Å². The molecule has 0 bridgehead atoms. The van der Waals surface area contributed by atoms with Crippen LogP contribution in [0.2, 0.25) is 0 Å². The molecule has 0 saturated carbocycles. The van der Waals surface area contributed by atoms with Crippen LogP contribution in [-0.4, -0.2) is 35.8 Å². The fourth-order valence-electron chi connectivity index (χ4n) is 1.15. The molecule has 0 fully saturated rings. The lowest BCUT2D eigenvalue weighted by atomic mass is 9.94. The maximum absolute atomic E-state index is 13.4. The van der Waals surface area contributed by atoms with Gasteiger partial charge in [0.25, 0.3) is 0 Å². The lowest BCUT2D eigenvalue weighted by Crippen LogP contribution is -2.57. The number of carbonyl (C=O) groups excluding carboxylic acids is 2. The molecule has 1 unspecified atom stereocenters. The predicted octanol–water partition coefficient (Wildman–Crippen LogP) is 1.74. The molecule has 0 aliphatic heterocycles. The van der Waals surface area contributed by atoms with Crippen LogP contribution in [0.15, 0.2) is 12.2 Å². The van der Waals surface area contributed by atoms with E-state index in [-0.39, 0.29) is 12.2 Å². The molecule has 128 valence electrons. The highest BCUT2D eigenvalue weighted by atomic mass is 19.4. The molecule has 0 rings (SSSR count). The largest absolute Gasteiger partial charge is 0.545 e. The fourth-order valence-corrected chi connectivity index (χ4v) is 1.15. The average molecular weight is 343 g/mol. The van der Waals surface area contributed by atoms with Crippen molar-refractivity contribution in [3.63, 3.8) is 0 Å². The van der Waals surface area contributed by atoms with Gasteiger partial charge in [-0.2, -0.15) is 30.7 Å². The summed E-state index contributed by atoms with van der Waals surface area (Å²) in [6.07, 6.45) is -14.9. The summed E-state index contributed by atoms with van der Waals surface area (Å²) in [7, 11) is 0. The van der Waals surface area contributed by atoms with Gasteiger partial charge in [0.15, 0.2) is 5.67 Å². The maximum atomic E-state index is 13.4. The summed E-state index contributed by atoms with van der Waals surface area (Å²) < 4.78 is 105. The number of aliphatic carboxylic acids is 1. The zero-order valence-electron chi connectivity index (χ0n) is 10.5. The lowest BCUT2D eigenvalue weighted by molar-refractivity contribution is -0.368. The van der Waals surface area contributed by atoms with Crippen molar-refractivity contribution in [1.29, 1.82) is 0 Å². The van der Waals surface area contributed by atoms with E-state index < -0.39 is 49.2 Å². The Balaban J connectivity index is 5.30. The standard InChI is InChI=1S/C10H8F8O4/c1-7(11,4-8(12,13)14)9(15,16)10(17,18)22-6(21)3-2-5(19)20/h2-3H,4H2,1H3,(H,19,20)/p-1. The Morgan fingerprint density at radius 2 is 1.45 bits per heavy atom. The number of esters is 1. The van der Waals surface area contributed by atoms with Gasteiger partial charge >= 0.3 is 24.2 Å². The van der Waals surface area contributed by atoms with Crippen molar-refractivity contribution in [3.05, 3.63) is 12.2 Å². The van der Waals surface area contributed by atoms with Crippen molar-refractivity contribution >= 4 is 11.9 Å². The molecule has 0 aromatic heterocycles. The molecule has 0 aliphatic rings. The van der Waals surface area contributed by atoms with E-state index in [2.05, 4.69) is 4.74 Å². The van der Waals surface area contributed by atoms with Crippen molar-refractivity contribution < 1.29 is 54.6 Å². The molecule has 0 radical (unpaired) electrons. The van der Waals surface area contributed by atoms with Gasteiger partial charge in [0, 0.05) is 6.08 Å². The van der Waals surface area contributed by atoms with Crippen LogP contribution in [0.4, 0.5) is 35.1 Å². The number of carbonyl (C=O) groups is 2. The van der Waals surface area contributed by atoms with Gasteiger partial charge in [-0.25, -0.2) is 9.18 Å². The van der Waals surface area contributed by atoms with Crippen LogP contribution in [0.3, 0.4) is 0 Å².